The molecule has 9 heteroatoms. The van der Waals surface area contributed by atoms with Crippen molar-refractivity contribution < 1.29 is 39.3 Å². The van der Waals surface area contributed by atoms with E-state index in [9.17, 15) is 19.2 Å². The molecule has 2 unspecified atom stereocenters. The summed E-state index contributed by atoms with van der Waals surface area (Å²) < 4.78 is 0. The minimum absolute atomic E-state index is 0.145. The summed E-state index contributed by atoms with van der Waals surface area (Å²) in [6, 6.07) is 0. The van der Waals surface area contributed by atoms with Crippen LogP contribution in [0.4, 0.5) is 0 Å². The van der Waals surface area contributed by atoms with Gasteiger partial charge < -0.3 is 15.3 Å². The second-order valence-corrected chi connectivity index (χ2v) is 3.23. The van der Waals surface area contributed by atoms with E-state index in [0.29, 0.717) is 0 Å². The van der Waals surface area contributed by atoms with Crippen molar-refractivity contribution >= 4 is 23.8 Å². The largest absolute Gasteiger partial charge is 0.479 e. The lowest BCUT2D eigenvalue weighted by Crippen LogP contribution is -2.47. The van der Waals surface area contributed by atoms with E-state index >= 15 is 0 Å². The molecule has 0 saturated carbocycles. The van der Waals surface area contributed by atoms with Gasteiger partial charge in [0.25, 0.3) is 11.8 Å². The monoisotopic (exact) mass is 247 g/mol. The van der Waals surface area contributed by atoms with Crippen molar-refractivity contribution in [3.05, 3.63) is 0 Å². The molecule has 1 rings (SSSR count). The Morgan fingerprint density at radius 3 is 1.94 bits per heavy atom. The number of carbonyl (C=O) groups is 4. The number of hydroxylamine groups is 2. The van der Waals surface area contributed by atoms with Crippen LogP contribution in [-0.2, 0) is 24.0 Å². The fraction of sp³-hybridized carbons (Fsp3) is 0.500. The first kappa shape index (κ1) is 13.1. The van der Waals surface area contributed by atoms with E-state index in [-0.39, 0.29) is 17.9 Å². The van der Waals surface area contributed by atoms with E-state index in [0.717, 1.165) is 0 Å². The maximum atomic E-state index is 11.1. The van der Waals surface area contributed by atoms with Crippen LogP contribution in [0, 0.1) is 0 Å². The van der Waals surface area contributed by atoms with Gasteiger partial charge in [-0.3, -0.25) is 9.59 Å². The summed E-state index contributed by atoms with van der Waals surface area (Å²) in [7, 11) is 0. The maximum Gasteiger partial charge on any atom is 0.339 e. The number of aliphatic carboxylic acids is 2. The zero-order chi connectivity index (χ0) is 13.2. The molecule has 3 N–H and O–H groups in total. The third-order valence-electron chi connectivity index (χ3n) is 2.01. The predicted molar refractivity (Wildman–Crippen MR) is 47.2 cm³/mol. The standard InChI is InChI=1S/C8H9NO8/c10-3-1-2-4(11)9(3)17-6(8(15)16)5(12)7(13)14/h5-6,12H,1-2H2,(H,13,14)(H,15,16). The summed E-state index contributed by atoms with van der Waals surface area (Å²) in [6.07, 6.45) is -4.89. The molecule has 0 bridgehead atoms. The van der Waals surface area contributed by atoms with Crippen molar-refractivity contribution in [2.45, 2.75) is 25.0 Å². The van der Waals surface area contributed by atoms with Gasteiger partial charge in [0.15, 0.2) is 6.10 Å². The zero-order valence-electron chi connectivity index (χ0n) is 8.40. The summed E-state index contributed by atoms with van der Waals surface area (Å²) in [5.74, 6) is -5.19. The van der Waals surface area contributed by atoms with Gasteiger partial charge in [-0.2, -0.15) is 5.06 Å². The molecule has 1 aliphatic rings. The molecule has 1 saturated heterocycles. The Hall–Kier alpha value is -2.00. The lowest BCUT2D eigenvalue weighted by Gasteiger charge is -2.20. The Morgan fingerprint density at radius 1 is 1.12 bits per heavy atom. The number of imide groups is 1. The first-order chi connectivity index (χ1) is 7.84. The van der Waals surface area contributed by atoms with Crippen molar-refractivity contribution in [3.63, 3.8) is 0 Å². The highest BCUT2D eigenvalue weighted by molar-refractivity contribution is 6.00. The maximum absolute atomic E-state index is 11.1. The van der Waals surface area contributed by atoms with Crippen molar-refractivity contribution in [1.29, 1.82) is 0 Å². The number of carbonyl (C=O) groups excluding carboxylic acids is 2. The van der Waals surface area contributed by atoms with Crippen LogP contribution >= 0.6 is 0 Å². The van der Waals surface area contributed by atoms with Crippen LogP contribution in [0.2, 0.25) is 0 Å². The van der Waals surface area contributed by atoms with Crippen LogP contribution in [-0.4, -0.2) is 56.3 Å². The first-order valence-electron chi connectivity index (χ1n) is 4.51. The van der Waals surface area contributed by atoms with Crippen molar-refractivity contribution in [3.8, 4) is 0 Å². The summed E-state index contributed by atoms with van der Waals surface area (Å²) in [5, 5.41) is 26.3. The Morgan fingerprint density at radius 2 is 1.59 bits per heavy atom. The Balaban J connectivity index is 2.80. The third kappa shape index (κ3) is 2.77. The van der Waals surface area contributed by atoms with Crippen molar-refractivity contribution in [1.82, 2.24) is 5.06 Å². The molecule has 0 spiro atoms. The van der Waals surface area contributed by atoms with Gasteiger partial charge in [-0.05, 0) is 0 Å². The second-order valence-electron chi connectivity index (χ2n) is 3.23. The highest BCUT2D eigenvalue weighted by atomic mass is 16.7. The molecule has 0 aromatic heterocycles. The highest BCUT2D eigenvalue weighted by Gasteiger charge is 2.40. The number of carboxylic acid groups (broad SMARTS) is 2. The molecule has 1 fully saturated rings. The van der Waals surface area contributed by atoms with Crippen LogP contribution < -0.4 is 0 Å². The Bertz CT molecular complexity index is 362. The van der Waals surface area contributed by atoms with Gasteiger partial charge in [-0.15, -0.1) is 0 Å². The first-order valence-corrected chi connectivity index (χ1v) is 4.51. The molecule has 0 radical (unpaired) electrons. The average molecular weight is 247 g/mol. The molecule has 9 nitrogen and oxygen atoms in total. The van der Waals surface area contributed by atoms with Gasteiger partial charge in [0.05, 0.1) is 0 Å². The van der Waals surface area contributed by atoms with Gasteiger partial charge in [0.1, 0.15) is 0 Å². The van der Waals surface area contributed by atoms with Crippen LogP contribution in [0.1, 0.15) is 12.8 Å². The average Bonchev–Trinajstić information content (AvgIpc) is 2.54. The fourth-order valence-electron chi connectivity index (χ4n) is 1.15. The van der Waals surface area contributed by atoms with Gasteiger partial charge >= 0.3 is 11.9 Å². The van der Waals surface area contributed by atoms with E-state index in [4.69, 9.17) is 15.3 Å². The minimum atomic E-state index is -2.38. The lowest BCUT2D eigenvalue weighted by atomic mass is 10.2. The molecule has 1 aliphatic heterocycles. The van der Waals surface area contributed by atoms with Crippen molar-refractivity contribution in [2.24, 2.45) is 0 Å². The topological polar surface area (TPSA) is 141 Å². The Labute approximate surface area is 94.1 Å². The number of nitrogens with zero attached hydrogens (tertiary/aromatic N) is 1. The summed E-state index contributed by atoms with van der Waals surface area (Å²) in [5.41, 5.74) is 0. The molecule has 1 heterocycles. The minimum Gasteiger partial charge on any atom is -0.479 e. The summed E-state index contributed by atoms with van der Waals surface area (Å²) in [4.78, 5) is 47.7. The van der Waals surface area contributed by atoms with Gasteiger partial charge in [0.2, 0.25) is 6.10 Å². The summed E-state index contributed by atoms with van der Waals surface area (Å²) in [6.45, 7) is 0. The molecular formula is C8H9NO8. The van der Waals surface area contributed by atoms with E-state index in [1.165, 1.54) is 0 Å². The zero-order valence-corrected chi connectivity index (χ0v) is 8.40. The molecule has 2 atom stereocenters. The van der Waals surface area contributed by atoms with Gasteiger partial charge in [-0.1, -0.05) is 0 Å². The quantitative estimate of drug-likeness (QED) is 0.472. The number of carboxylic acids is 2. The number of aliphatic hydroxyl groups excluding tert-OH is 1. The highest BCUT2D eigenvalue weighted by Crippen LogP contribution is 2.15. The fourth-order valence-corrected chi connectivity index (χ4v) is 1.15. The number of amides is 2. The number of aliphatic hydroxyl groups is 1. The number of hydrogen-bond acceptors (Lipinski definition) is 6. The molecule has 94 valence electrons. The number of hydrogen-bond donors (Lipinski definition) is 3. The Kier molecular flexibility index (Phi) is 3.76. The third-order valence-corrected chi connectivity index (χ3v) is 2.01. The van der Waals surface area contributed by atoms with Crippen LogP contribution in [0.5, 0.6) is 0 Å². The molecule has 0 aliphatic carbocycles. The smallest absolute Gasteiger partial charge is 0.339 e. The van der Waals surface area contributed by atoms with Gasteiger partial charge in [-0.25, -0.2) is 14.4 Å². The SMILES string of the molecule is O=C(O)C(O)C(ON1C(=O)CCC1=O)C(=O)O. The second kappa shape index (κ2) is 4.89. The molecule has 0 aromatic carbocycles. The number of rotatable bonds is 5. The van der Waals surface area contributed by atoms with Crippen LogP contribution in [0.15, 0.2) is 0 Å². The predicted octanol–water partition coefficient (Wildman–Crippen LogP) is -2.03. The molecular weight excluding hydrogens is 238 g/mol. The van der Waals surface area contributed by atoms with Crippen LogP contribution in [0.3, 0.4) is 0 Å². The van der Waals surface area contributed by atoms with E-state index < -0.39 is 36.0 Å². The molecule has 17 heavy (non-hydrogen) atoms. The van der Waals surface area contributed by atoms with E-state index in [2.05, 4.69) is 4.84 Å². The van der Waals surface area contributed by atoms with E-state index in [1.54, 1.807) is 0 Å². The van der Waals surface area contributed by atoms with Crippen molar-refractivity contribution in [2.75, 3.05) is 0 Å². The lowest BCUT2D eigenvalue weighted by molar-refractivity contribution is -0.222. The van der Waals surface area contributed by atoms with Gasteiger partial charge in [0, 0.05) is 12.8 Å². The normalized spacial score (nSPS) is 19.2. The summed E-state index contributed by atoms with van der Waals surface area (Å²) >= 11 is 0. The molecule has 0 aromatic rings. The van der Waals surface area contributed by atoms with E-state index in [1.807, 2.05) is 0 Å². The molecule has 2 amide bonds. The van der Waals surface area contributed by atoms with Crippen LogP contribution in [0.25, 0.3) is 0 Å².